The van der Waals surface area contributed by atoms with Gasteiger partial charge >= 0.3 is 8.56 Å². The lowest BCUT2D eigenvalue weighted by Gasteiger charge is -2.33. The van der Waals surface area contributed by atoms with Crippen molar-refractivity contribution in [3.8, 4) is 0 Å². The van der Waals surface area contributed by atoms with Crippen LogP contribution in [0.5, 0.6) is 0 Å². The van der Waals surface area contributed by atoms with Crippen molar-refractivity contribution in [3.63, 3.8) is 0 Å². The summed E-state index contributed by atoms with van der Waals surface area (Å²) in [6, 6.07) is 10.0. The highest BCUT2D eigenvalue weighted by molar-refractivity contribution is 6.81. The number of hydrogen-bond donors (Lipinski definition) is 1. The quantitative estimate of drug-likeness (QED) is 0.733. The predicted octanol–water partition coefficient (Wildman–Crippen LogP) is 0.143. The zero-order chi connectivity index (χ0) is 12.1. The van der Waals surface area contributed by atoms with Gasteiger partial charge in [-0.15, -0.1) is 0 Å². The fraction of sp³-hybridized carbons (Fsp3) is 0.500. The van der Waals surface area contributed by atoms with Gasteiger partial charge in [-0.1, -0.05) is 30.3 Å². The van der Waals surface area contributed by atoms with E-state index in [9.17, 15) is 0 Å². The average Bonchev–Trinajstić information content (AvgIpc) is 2.34. The van der Waals surface area contributed by atoms with E-state index in [1.54, 1.807) is 7.11 Å². The maximum atomic E-state index is 6.03. The van der Waals surface area contributed by atoms with Crippen LogP contribution in [0.2, 0.25) is 0 Å². The molecule has 1 aromatic carbocycles. The van der Waals surface area contributed by atoms with Gasteiger partial charge in [0.2, 0.25) is 0 Å². The van der Waals surface area contributed by atoms with Crippen molar-refractivity contribution in [3.05, 3.63) is 30.3 Å². The zero-order valence-corrected chi connectivity index (χ0v) is 11.1. The third-order valence-corrected chi connectivity index (χ3v) is 6.11. The van der Waals surface area contributed by atoms with Crippen LogP contribution in [0.4, 0.5) is 0 Å². The summed E-state index contributed by atoms with van der Waals surface area (Å²) in [6.45, 7) is 2.24. The highest BCUT2D eigenvalue weighted by atomic mass is 28.4. The van der Waals surface area contributed by atoms with Crippen molar-refractivity contribution in [1.29, 1.82) is 0 Å². The molecule has 1 atom stereocenters. The maximum Gasteiger partial charge on any atom is 0.386 e. The minimum absolute atomic E-state index is 0.432. The first-order chi connectivity index (χ1) is 8.30. The topological polar surface area (TPSA) is 53.7 Å². The molecule has 1 aliphatic rings. The van der Waals surface area contributed by atoms with E-state index in [1.165, 1.54) is 0 Å². The fourth-order valence-corrected chi connectivity index (χ4v) is 4.09. The molecule has 0 aromatic heterocycles. The standard InChI is InChI=1S/C12H19NO3Si/c1-14-17(10-13,12-5-3-2-4-6-12)16-9-11-7-15-8-11/h2-6,11H,7-10,13H2,1H3. The van der Waals surface area contributed by atoms with Gasteiger partial charge in [0.05, 0.1) is 13.2 Å². The van der Waals surface area contributed by atoms with Crippen molar-refractivity contribution in [2.75, 3.05) is 33.1 Å². The second kappa shape index (κ2) is 5.75. The van der Waals surface area contributed by atoms with E-state index in [0.717, 1.165) is 18.4 Å². The van der Waals surface area contributed by atoms with E-state index in [1.807, 2.05) is 30.3 Å². The molecule has 0 bridgehead atoms. The molecule has 1 heterocycles. The number of ether oxygens (including phenoxy) is 1. The molecule has 1 unspecified atom stereocenters. The first-order valence-corrected chi connectivity index (χ1v) is 7.85. The van der Waals surface area contributed by atoms with Crippen LogP contribution in [0, 0.1) is 5.92 Å². The largest absolute Gasteiger partial charge is 0.394 e. The van der Waals surface area contributed by atoms with Crippen LogP contribution in [0.25, 0.3) is 0 Å². The van der Waals surface area contributed by atoms with Crippen LogP contribution < -0.4 is 10.9 Å². The van der Waals surface area contributed by atoms with Gasteiger partial charge in [-0.2, -0.15) is 0 Å². The van der Waals surface area contributed by atoms with E-state index in [0.29, 0.717) is 18.7 Å². The second-order valence-electron chi connectivity index (χ2n) is 4.24. The van der Waals surface area contributed by atoms with E-state index in [4.69, 9.17) is 19.3 Å². The molecule has 0 spiro atoms. The monoisotopic (exact) mass is 253 g/mol. The molecule has 0 saturated carbocycles. The lowest BCUT2D eigenvalue weighted by atomic mass is 10.1. The number of benzene rings is 1. The van der Waals surface area contributed by atoms with Crippen LogP contribution >= 0.6 is 0 Å². The zero-order valence-electron chi connectivity index (χ0n) is 10.1. The number of nitrogens with two attached hydrogens (primary N) is 1. The molecule has 94 valence electrons. The summed E-state index contributed by atoms with van der Waals surface area (Å²) >= 11 is 0. The molecule has 1 aromatic rings. The predicted molar refractivity (Wildman–Crippen MR) is 68.2 cm³/mol. The first-order valence-electron chi connectivity index (χ1n) is 5.83. The Kier molecular flexibility index (Phi) is 4.30. The van der Waals surface area contributed by atoms with Gasteiger partial charge in [0.25, 0.3) is 0 Å². The van der Waals surface area contributed by atoms with Crippen LogP contribution in [0.1, 0.15) is 0 Å². The summed E-state index contributed by atoms with van der Waals surface area (Å²) in [7, 11) is -0.759. The smallest absolute Gasteiger partial charge is 0.386 e. The van der Waals surface area contributed by atoms with Crippen LogP contribution in [0.15, 0.2) is 30.3 Å². The first kappa shape index (κ1) is 12.7. The van der Waals surface area contributed by atoms with E-state index >= 15 is 0 Å². The molecular weight excluding hydrogens is 234 g/mol. The van der Waals surface area contributed by atoms with Gasteiger partial charge < -0.3 is 19.3 Å². The van der Waals surface area contributed by atoms with Gasteiger partial charge in [-0.3, -0.25) is 0 Å². The molecule has 0 amide bonds. The van der Waals surface area contributed by atoms with Gasteiger partial charge in [-0.25, -0.2) is 0 Å². The molecule has 2 N–H and O–H groups in total. The van der Waals surface area contributed by atoms with Gasteiger partial charge in [0, 0.05) is 25.8 Å². The van der Waals surface area contributed by atoms with Gasteiger partial charge in [0.15, 0.2) is 0 Å². The van der Waals surface area contributed by atoms with Crippen molar-refractivity contribution in [1.82, 2.24) is 0 Å². The molecule has 0 radical (unpaired) electrons. The van der Waals surface area contributed by atoms with Crippen LogP contribution in [-0.2, 0) is 13.6 Å². The Bertz CT molecular complexity index is 339. The van der Waals surface area contributed by atoms with Crippen molar-refractivity contribution in [2.24, 2.45) is 11.7 Å². The average molecular weight is 253 g/mol. The summed E-state index contributed by atoms with van der Waals surface area (Å²) in [6.07, 6.45) is 0.432. The molecule has 5 heteroatoms. The van der Waals surface area contributed by atoms with Crippen molar-refractivity contribution in [2.45, 2.75) is 0 Å². The molecule has 2 rings (SSSR count). The Balaban J connectivity index is 2.07. The molecule has 0 aliphatic carbocycles. The molecule has 17 heavy (non-hydrogen) atoms. The van der Waals surface area contributed by atoms with Crippen molar-refractivity contribution < 1.29 is 13.6 Å². The molecule has 1 aliphatic heterocycles. The lowest BCUT2D eigenvalue weighted by molar-refractivity contribution is -0.0553. The third-order valence-electron chi connectivity index (χ3n) is 3.07. The minimum Gasteiger partial charge on any atom is -0.394 e. The Morgan fingerprint density at radius 2 is 2.06 bits per heavy atom. The third kappa shape index (κ3) is 2.75. The van der Waals surface area contributed by atoms with Gasteiger partial charge in [-0.05, 0) is 5.19 Å². The summed E-state index contributed by atoms with van der Waals surface area (Å²) < 4.78 is 16.8. The number of rotatable bonds is 6. The SMILES string of the molecule is CO[Si](CN)(OCC1COC1)c1ccccc1. The summed E-state index contributed by atoms with van der Waals surface area (Å²) in [5.41, 5.74) is 5.88. The Morgan fingerprint density at radius 3 is 2.53 bits per heavy atom. The van der Waals surface area contributed by atoms with Crippen molar-refractivity contribution >= 4 is 13.7 Å². The fourth-order valence-electron chi connectivity index (χ4n) is 1.85. The highest BCUT2D eigenvalue weighted by Gasteiger charge is 2.39. The highest BCUT2D eigenvalue weighted by Crippen LogP contribution is 2.14. The summed E-state index contributed by atoms with van der Waals surface area (Å²) in [5.74, 6) is 0.493. The van der Waals surface area contributed by atoms with E-state index in [2.05, 4.69) is 0 Å². The van der Waals surface area contributed by atoms with E-state index < -0.39 is 8.56 Å². The van der Waals surface area contributed by atoms with Crippen LogP contribution in [-0.4, -0.2) is 41.7 Å². The normalized spacial score (nSPS) is 19.6. The van der Waals surface area contributed by atoms with Crippen LogP contribution in [0.3, 0.4) is 0 Å². The maximum absolute atomic E-state index is 6.03. The summed E-state index contributed by atoms with van der Waals surface area (Å²) in [5, 5.41) is 1.09. The summed E-state index contributed by atoms with van der Waals surface area (Å²) in [4.78, 5) is 0. The lowest BCUT2D eigenvalue weighted by Crippen LogP contribution is -2.60. The Morgan fingerprint density at radius 1 is 1.35 bits per heavy atom. The van der Waals surface area contributed by atoms with E-state index in [-0.39, 0.29) is 0 Å². The molecule has 1 fully saturated rings. The van der Waals surface area contributed by atoms with Gasteiger partial charge in [0.1, 0.15) is 0 Å². The Hall–Kier alpha value is -0.723. The molecule has 4 nitrogen and oxygen atoms in total. The minimum atomic E-state index is -2.44. The molecule has 1 saturated heterocycles. The number of hydrogen-bond acceptors (Lipinski definition) is 4. The molecular formula is C12H19NO3Si. The second-order valence-corrected chi connectivity index (χ2v) is 7.43. The Labute approximate surface area is 103 Å².